The second kappa shape index (κ2) is 8.99. The van der Waals surface area contributed by atoms with E-state index >= 15 is 0 Å². The number of carbonyl (C=O) groups is 3. The van der Waals surface area contributed by atoms with Crippen molar-refractivity contribution in [2.75, 3.05) is 11.9 Å². The molecule has 3 aromatic rings. The van der Waals surface area contributed by atoms with E-state index in [4.69, 9.17) is 5.73 Å². The molecular weight excluding hydrogens is 405 g/mol. The highest BCUT2D eigenvalue weighted by Crippen LogP contribution is 2.14. The van der Waals surface area contributed by atoms with Crippen LogP contribution in [-0.4, -0.2) is 34.0 Å². The molecule has 3 amide bonds. The molecular formula is C21H18FN5O4. The average molecular weight is 423 g/mol. The molecule has 0 saturated carbocycles. The molecule has 2 aromatic carbocycles. The zero-order chi connectivity index (χ0) is 22.5. The number of para-hydroxylation sites is 1. The van der Waals surface area contributed by atoms with Crippen LogP contribution in [0.3, 0.4) is 0 Å². The van der Waals surface area contributed by atoms with Gasteiger partial charge in [-0.15, -0.1) is 0 Å². The van der Waals surface area contributed by atoms with E-state index in [9.17, 15) is 23.6 Å². The number of aryl methyl sites for hydroxylation is 1. The number of nitrogens with one attached hydrogen (secondary N) is 2. The molecule has 1 heterocycles. The standard InChI is InChI=1S/C21H18FN5O4/c1-12-10-17(28)19(26-27(12)16-5-3-2-4-15(16)22)21(31)25-14-8-6-13(7-9-14)20(30)24-11-18(23)29/h2-10H,11H2,1H3,(H2,23,29)(H,24,30)(H,25,31). The zero-order valence-corrected chi connectivity index (χ0v) is 16.4. The van der Waals surface area contributed by atoms with Crippen LogP contribution < -0.4 is 21.8 Å². The van der Waals surface area contributed by atoms with Crippen molar-refractivity contribution < 1.29 is 18.8 Å². The van der Waals surface area contributed by atoms with Gasteiger partial charge in [-0.3, -0.25) is 19.2 Å². The molecule has 0 atom stereocenters. The fourth-order valence-electron chi connectivity index (χ4n) is 2.74. The molecule has 1 aromatic heterocycles. The zero-order valence-electron chi connectivity index (χ0n) is 16.4. The first kappa shape index (κ1) is 21.4. The van der Waals surface area contributed by atoms with Gasteiger partial charge in [-0.05, 0) is 43.3 Å². The van der Waals surface area contributed by atoms with Gasteiger partial charge in [0.25, 0.3) is 11.8 Å². The van der Waals surface area contributed by atoms with Gasteiger partial charge in [0.15, 0.2) is 5.69 Å². The molecule has 3 rings (SSSR count). The highest BCUT2D eigenvalue weighted by molar-refractivity contribution is 6.03. The first-order chi connectivity index (χ1) is 14.8. The Hall–Kier alpha value is -4.34. The third-order valence-corrected chi connectivity index (χ3v) is 4.23. The van der Waals surface area contributed by atoms with E-state index in [1.807, 2.05) is 0 Å². The Morgan fingerprint density at radius 2 is 1.74 bits per heavy atom. The lowest BCUT2D eigenvalue weighted by molar-refractivity contribution is -0.117. The van der Waals surface area contributed by atoms with Crippen molar-refractivity contribution in [2.45, 2.75) is 6.92 Å². The van der Waals surface area contributed by atoms with Crippen molar-refractivity contribution >= 4 is 23.4 Å². The van der Waals surface area contributed by atoms with Crippen molar-refractivity contribution in [3.63, 3.8) is 0 Å². The SMILES string of the molecule is Cc1cc(=O)c(C(=O)Nc2ccc(C(=O)NCC(N)=O)cc2)nn1-c1ccccc1F. The number of rotatable bonds is 6. The van der Waals surface area contributed by atoms with Gasteiger partial charge in [0.2, 0.25) is 11.3 Å². The molecule has 0 spiro atoms. The molecule has 0 saturated heterocycles. The van der Waals surface area contributed by atoms with Crippen LogP contribution in [0.25, 0.3) is 5.69 Å². The summed E-state index contributed by atoms with van der Waals surface area (Å²) < 4.78 is 15.3. The minimum atomic E-state index is -0.791. The fraction of sp³-hybridized carbons (Fsp3) is 0.0952. The van der Waals surface area contributed by atoms with Crippen LogP contribution >= 0.6 is 0 Å². The first-order valence-corrected chi connectivity index (χ1v) is 9.10. The molecule has 0 aliphatic carbocycles. The van der Waals surface area contributed by atoms with Crippen LogP contribution in [0.15, 0.2) is 59.4 Å². The molecule has 0 aliphatic rings. The number of anilines is 1. The van der Waals surface area contributed by atoms with Crippen molar-refractivity contribution in [3.8, 4) is 5.69 Å². The Bertz CT molecular complexity index is 1220. The maximum atomic E-state index is 14.1. The Morgan fingerprint density at radius 3 is 2.39 bits per heavy atom. The fourth-order valence-corrected chi connectivity index (χ4v) is 2.74. The minimum absolute atomic E-state index is 0.0976. The third kappa shape index (κ3) is 4.99. The van der Waals surface area contributed by atoms with Crippen LogP contribution in [0.2, 0.25) is 0 Å². The van der Waals surface area contributed by atoms with Crippen LogP contribution in [0.4, 0.5) is 10.1 Å². The number of hydrogen-bond donors (Lipinski definition) is 3. The van der Waals surface area contributed by atoms with E-state index in [1.54, 1.807) is 13.0 Å². The molecule has 10 heteroatoms. The molecule has 158 valence electrons. The van der Waals surface area contributed by atoms with Crippen molar-refractivity contribution in [1.82, 2.24) is 15.1 Å². The molecule has 0 unspecified atom stereocenters. The summed E-state index contributed by atoms with van der Waals surface area (Å²) in [5.74, 6) is -2.53. The van der Waals surface area contributed by atoms with Crippen molar-refractivity contribution in [2.24, 2.45) is 5.73 Å². The predicted octanol–water partition coefficient (Wildman–Crippen LogP) is 1.15. The van der Waals surface area contributed by atoms with E-state index in [0.29, 0.717) is 11.4 Å². The Balaban J connectivity index is 1.81. The van der Waals surface area contributed by atoms with Crippen LogP contribution in [0, 0.1) is 12.7 Å². The van der Waals surface area contributed by atoms with Gasteiger partial charge in [-0.25, -0.2) is 9.07 Å². The monoisotopic (exact) mass is 423 g/mol. The largest absolute Gasteiger partial charge is 0.368 e. The number of aromatic nitrogens is 2. The Labute approximate surface area is 175 Å². The number of carbonyl (C=O) groups excluding carboxylic acids is 3. The van der Waals surface area contributed by atoms with Gasteiger partial charge in [0, 0.05) is 23.0 Å². The Kier molecular flexibility index (Phi) is 6.20. The van der Waals surface area contributed by atoms with Crippen molar-refractivity contribution in [1.29, 1.82) is 0 Å². The number of nitrogens with two attached hydrogens (primary N) is 1. The van der Waals surface area contributed by atoms with E-state index in [2.05, 4.69) is 15.7 Å². The molecule has 4 N–H and O–H groups in total. The second-order valence-corrected chi connectivity index (χ2v) is 6.54. The summed E-state index contributed by atoms with van der Waals surface area (Å²) in [6.45, 7) is 1.27. The number of hydrogen-bond acceptors (Lipinski definition) is 5. The van der Waals surface area contributed by atoms with Gasteiger partial charge < -0.3 is 16.4 Å². The lowest BCUT2D eigenvalue weighted by Crippen LogP contribution is -2.33. The predicted molar refractivity (Wildman–Crippen MR) is 110 cm³/mol. The normalized spacial score (nSPS) is 10.4. The maximum Gasteiger partial charge on any atom is 0.280 e. The topological polar surface area (TPSA) is 136 Å². The molecule has 0 bridgehead atoms. The van der Waals surface area contributed by atoms with Gasteiger partial charge >= 0.3 is 0 Å². The van der Waals surface area contributed by atoms with E-state index in [0.717, 1.165) is 0 Å². The highest BCUT2D eigenvalue weighted by atomic mass is 19.1. The van der Waals surface area contributed by atoms with Crippen LogP contribution in [-0.2, 0) is 4.79 Å². The summed E-state index contributed by atoms with van der Waals surface area (Å²) in [7, 11) is 0. The van der Waals surface area contributed by atoms with E-state index < -0.39 is 34.7 Å². The molecule has 9 nitrogen and oxygen atoms in total. The number of amides is 3. The first-order valence-electron chi connectivity index (χ1n) is 9.10. The minimum Gasteiger partial charge on any atom is -0.368 e. The lowest BCUT2D eigenvalue weighted by atomic mass is 10.2. The summed E-state index contributed by atoms with van der Waals surface area (Å²) in [5.41, 5.74) is 4.94. The van der Waals surface area contributed by atoms with Gasteiger partial charge in [0.1, 0.15) is 11.5 Å². The molecule has 0 fully saturated rings. The van der Waals surface area contributed by atoms with Crippen LogP contribution in [0.5, 0.6) is 0 Å². The molecule has 31 heavy (non-hydrogen) atoms. The third-order valence-electron chi connectivity index (χ3n) is 4.23. The summed E-state index contributed by atoms with van der Waals surface area (Å²) in [4.78, 5) is 47.5. The lowest BCUT2D eigenvalue weighted by Gasteiger charge is -2.12. The summed E-state index contributed by atoms with van der Waals surface area (Å²) in [6.07, 6.45) is 0. The number of halogens is 1. The molecule has 0 aliphatic heterocycles. The van der Waals surface area contributed by atoms with E-state index in [1.165, 1.54) is 53.2 Å². The quantitative estimate of drug-likeness (QED) is 0.546. The Morgan fingerprint density at radius 1 is 1.06 bits per heavy atom. The maximum absolute atomic E-state index is 14.1. The van der Waals surface area contributed by atoms with Crippen LogP contribution in [0.1, 0.15) is 26.5 Å². The summed E-state index contributed by atoms with van der Waals surface area (Å²) in [5, 5.41) is 8.88. The van der Waals surface area contributed by atoms with Gasteiger partial charge in [-0.2, -0.15) is 5.10 Å². The summed E-state index contributed by atoms with van der Waals surface area (Å²) >= 11 is 0. The highest BCUT2D eigenvalue weighted by Gasteiger charge is 2.17. The number of nitrogens with zero attached hydrogens (tertiary/aromatic N) is 2. The molecule has 0 radical (unpaired) electrons. The average Bonchev–Trinajstić information content (AvgIpc) is 2.73. The second-order valence-electron chi connectivity index (χ2n) is 6.54. The van der Waals surface area contributed by atoms with Crippen molar-refractivity contribution in [3.05, 3.63) is 87.6 Å². The van der Waals surface area contributed by atoms with E-state index in [-0.39, 0.29) is 17.8 Å². The smallest absolute Gasteiger partial charge is 0.280 e. The van der Waals surface area contributed by atoms with Gasteiger partial charge in [0.05, 0.1) is 6.54 Å². The summed E-state index contributed by atoms with van der Waals surface area (Å²) in [6, 6.07) is 12.8. The number of primary amides is 1. The number of benzene rings is 2. The van der Waals surface area contributed by atoms with Gasteiger partial charge in [-0.1, -0.05) is 12.1 Å².